The van der Waals surface area contributed by atoms with E-state index in [2.05, 4.69) is 15.0 Å². The Hall–Kier alpha value is -2.36. The fourth-order valence-corrected chi connectivity index (χ4v) is 3.53. The van der Waals surface area contributed by atoms with Gasteiger partial charge in [-0.1, -0.05) is 11.6 Å². The molecule has 0 saturated heterocycles. The summed E-state index contributed by atoms with van der Waals surface area (Å²) in [6.45, 7) is 0.686. The van der Waals surface area contributed by atoms with Crippen LogP contribution in [0.4, 0.5) is 5.69 Å². The molecule has 1 amide bonds. The van der Waals surface area contributed by atoms with Crippen molar-refractivity contribution in [1.29, 1.82) is 0 Å². The Morgan fingerprint density at radius 1 is 1.23 bits per heavy atom. The molecule has 0 aliphatic heterocycles. The molecule has 2 N–H and O–H groups in total. The molecule has 2 rings (SSSR count). The number of carbonyl (C=O) groups excluding carboxylic acids is 1. The van der Waals surface area contributed by atoms with Crippen molar-refractivity contribution in [2.75, 3.05) is 32.1 Å². The van der Waals surface area contributed by atoms with Gasteiger partial charge in [-0.3, -0.25) is 14.5 Å². The molecule has 0 saturated carbocycles. The minimum Gasteiger partial charge on any atom is -0.495 e. The van der Waals surface area contributed by atoms with Gasteiger partial charge in [0.15, 0.2) is 0 Å². The minimum absolute atomic E-state index is 0.123. The van der Waals surface area contributed by atoms with Gasteiger partial charge in [0.05, 0.1) is 31.2 Å². The number of amides is 1. The zero-order valence-corrected chi connectivity index (χ0v) is 15.7. The van der Waals surface area contributed by atoms with Gasteiger partial charge in [0.1, 0.15) is 10.6 Å². The Morgan fingerprint density at radius 2 is 2.00 bits per heavy atom. The van der Waals surface area contributed by atoms with Crippen molar-refractivity contribution in [1.82, 2.24) is 10.3 Å². The third-order valence-electron chi connectivity index (χ3n) is 3.26. The predicted molar refractivity (Wildman–Crippen MR) is 97.3 cm³/mol. The van der Waals surface area contributed by atoms with Gasteiger partial charge in [-0.25, -0.2) is 8.42 Å². The molecule has 8 nitrogen and oxygen atoms in total. The number of halogens is 1. The Morgan fingerprint density at radius 3 is 2.69 bits per heavy atom. The van der Waals surface area contributed by atoms with Gasteiger partial charge in [-0.15, -0.1) is 0 Å². The summed E-state index contributed by atoms with van der Waals surface area (Å²) in [5.41, 5.74) is 0.339. The van der Waals surface area contributed by atoms with Gasteiger partial charge < -0.3 is 14.8 Å². The monoisotopic (exact) mass is 399 g/mol. The lowest BCUT2D eigenvalue weighted by molar-refractivity contribution is 0.0936. The van der Waals surface area contributed by atoms with Crippen LogP contribution in [0.15, 0.2) is 41.6 Å². The van der Waals surface area contributed by atoms with Crippen LogP contribution in [0.5, 0.6) is 5.75 Å². The summed E-state index contributed by atoms with van der Waals surface area (Å²) in [5, 5.41) is 2.87. The molecule has 0 spiro atoms. The smallest absolute Gasteiger partial charge is 0.265 e. The standard InChI is InChI=1S/C16H18ClN3O5S/c1-24-6-5-19-16(21)11-7-13(10-18-9-11)20-26(22,23)15-8-12(17)3-4-14(15)25-2/h3-4,7-10,20H,5-6H2,1-2H3,(H,19,21). The first-order valence-electron chi connectivity index (χ1n) is 7.46. The van der Waals surface area contributed by atoms with E-state index in [4.69, 9.17) is 21.1 Å². The summed E-state index contributed by atoms with van der Waals surface area (Å²) in [7, 11) is -1.12. The number of rotatable bonds is 8. The lowest BCUT2D eigenvalue weighted by Gasteiger charge is -2.12. The number of nitrogens with one attached hydrogen (secondary N) is 2. The largest absolute Gasteiger partial charge is 0.495 e. The fourth-order valence-electron chi connectivity index (χ4n) is 2.06. The van der Waals surface area contributed by atoms with E-state index >= 15 is 0 Å². The molecule has 0 fully saturated rings. The van der Waals surface area contributed by atoms with Gasteiger partial charge in [-0.2, -0.15) is 0 Å². The van der Waals surface area contributed by atoms with E-state index < -0.39 is 15.9 Å². The number of sulfonamides is 1. The third kappa shape index (κ3) is 5.07. The quantitative estimate of drug-likeness (QED) is 0.657. The molecule has 0 unspecified atom stereocenters. The van der Waals surface area contributed by atoms with Crippen LogP contribution in [0.2, 0.25) is 5.02 Å². The lowest BCUT2D eigenvalue weighted by atomic mass is 10.2. The Balaban J connectivity index is 2.24. The van der Waals surface area contributed by atoms with Crippen LogP contribution in [0.25, 0.3) is 0 Å². The normalized spacial score (nSPS) is 11.0. The van der Waals surface area contributed by atoms with Crippen LogP contribution < -0.4 is 14.8 Å². The zero-order chi connectivity index (χ0) is 19.2. The van der Waals surface area contributed by atoms with Gasteiger partial charge in [-0.05, 0) is 24.3 Å². The number of methoxy groups -OCH3 is 2. The van der Waals surface area contributed by atoms with Crippen LogP contribution in [-0.4, -0.2) is 46.7 Å². The molecule has 140 valence electrons. The molecule has 1 heterocycles. The first-order chi connectivity index (χ1) is 12.4. The van der Waals surface area contributed by atoms with E-state index in [1.165, 1.54) is 50.9 Å². The highest BCUT2D eigenvalue weighted by Gasteiger charge is 2.21. The van der Waals surface area contributed by atoms with Crippen LogP contribution in [-0.2, 0) is 14.8 Å². The van der Waals surface area contributed by atoms with Crippen molar-refractivity contribution in [2.45, 2.75) is 4.90 Å². The van der Waals surface area contributed by atoms with Gasteiger partial charge in [0.25, 0.3) is 15.9 Å². The maximum absolute atomic E-state index is 12.6. The van der Waals surface area contributed by atoms with Gasteiger partial charge in [0.2, 0.25) is 0 Å². The summed E-state index contributed by atoms with van der Waals surface area (Å²) in [6.07, 6.45) is 2.63. The van der Waals surface area contributed by atoms with Crippen molar-refractivity contribution >= 4 is 33.2 Å². The summed E-state index contributed by atoms with van der Waals surface area (Å²) in [4.78, 5) is 15.8. The molecular weight excluding hydrogens is 382 g/mol. The van der Waals surface area contributed by atoms with Gasteiger partial charge in [0, 0.05) is 24.9 Å². The first kappa shape index (κ1) is 20.0. The van der Waals surface area contributed by atoms with Crippen LogP contribution >= 0.6 is 11.6 Å². The topological polar surface area (TPSA) is 107 Å². The fraction of sp³-hybridized carbons (Fsp3) is 0.250. The number of nitrogens with zero attached hydrogens (tertiary/aromatic N) is 1. The molecule has 2 aromatic rings. The first-order valence-corrected chi connectivity index (χ1v) is 9.32. The molecule has 0 bridgehead atoms. The number of anilines is 1. The van der Waals surface area contributed by atoms with E-state index in [1.807, 2.05) is 0 Å². The zero-order valence-electron chi connectivity index (χ0n) is 14.2. The number of aromatic nitrogens is 1. The summed E-state index contributed by atoms with van der Waals surface area (Å²) in [6, 6.07) is 5.63. The Kier molecular flexibility index (Phi) is 6.78. The average Bonchev–Trinajstić information content (AvgIpc) is 2.61. The van der Waals surface area contributed by atoms with E-state index in [-0.39, 0.29) is 26.9 Å². The van der Waals surface area contributed by atoms with Crippen molar-refractivity contribution in [3.63, 3.8) is 0 Å². The molecule has 0 atom stereocenters. The lowest BCUT2D eigenvalue weighted by Crippen LogP contribution is -2.27. The molecule has 0 aliphatic rings. The molecule has 26 heavy (non-hydrogen) atoms. The maximum Gasteiger partial charge on any atom is 0.265 e. The number of pyridine rings is 1. The maximum atomic E-state index is 12.6. The second-order valence-electron chi connectivity index (χ2n) is 5.11. The average molecular weight is 400 g/mol. The summed E-state index contributed by atoms with van der Waals surface area (Å²) < 4.78 is 37.6. The molecule has 10 heteroatoms. The number of benzene rings is 1. The number of hydrogen-bond acceptors (Lipinski definition) is 6. The highest BCUT2D eigenvalue weighted by Crippen LogP contribution is 2.28. The highest BCUT2D eigenvalue weighted by molar-refractivity contribution is 7.92. The third-order valence-corrected chi connectivity index (χ3v) is 4.90. The van der Waals surface area contributed by atoms with E-state index in [1.54, 1.807) is 0 Å². The summed E-state index contributed by atoms with van der Waals surface area (Å²) in [5.74, 6) is -0.251. The highest BCUT2D eigenvalue weighted by atomic mass is 35.5. The van der Waals surface area contributed by atoms with Crippen molar-refractivity contribution in [3.8, 4) is 5.75 Å². The van der Waals surface area contributed by atoms with Crippen molar-refractivity contribution in [2.24, 2.45) is 0 Å². The van der Waals surface area contributed by atoms with E-state index in [0.717, 1.165) is 0 Å². The number of hydrogen-bond donors (Lipinski definition) is 2. The number of ether oxygens (including phenoxy) is 2. The molecule has 0 radical (unpaired) electrons. The predicted octanol–water partition coefficient (Wildman–Crippen LogP) is 1.92. The van der Waals surface area contributed by atoms with Crippen molar-refractivity contribution in [3.05, 3.63) is 47.2 Å². The molecular formula is C16H18ClN3O5S. The molecule has 1 aromatic heterocycles. The van der Waals surface area contributed by atoms with Crippen LogP contribution in [0, 0.1) is 0 Å². The van der Waals surface area contributed by atoms with Crippen molar-refractivity contribution < 1.29 is 22.7 Å². The SMILES string of the molecule is COCCNC(=O)c1cncc(NS(=O)(=O)c2cc(Cl)ccc2OC)c1. The van der Waals surface area contributed by atoms with E-state index in [9.17, 15) is 13.2 Å². The molecule has 0 aliphatic carbocycles. The minimum atomic E-state index is -3.99. The Labute approximate surface area is 156 Å². The van der Waals surface area contributed by atoms with Crippen LogP contribution in [0.3, 0.4) is 0 Å². The molecule has 1 aromatic carbocycles. The van der Waals surface area contributed by atoms with E-state index in [0.29, 0.717) is 13.2 Å². The van der Waals surface area contributed by atoms with Crippen LogP contribution in [0.1, 0.15) is 10.4 Å². The summed E-state index contributed by atoms with van der Waals surface area (Å²) >= 11 is 5.89. The second-order valence-corrected chi connectivity index (χ2v) is 7.20. The second kappa shape index (κ2) is 8.84. The van der Waals surface area contributed by atoms with Gasteiger partial charge >= 0.3 is 0 Å². The Bertz CT molecular complexity index is 889. The number of carbonyl (C=O) groups is 1.